The quantitative estimate of drug-likeness (QED) is 0.430. The predicted molar refractivity (Wildman–Crippen MR) is 99.4 cm³/mol. The Hall–Kier alpha value is -2.90. The van der Waals surface area contributed by atoms with E-state index in [0.29, 0.717) is 25.3 Å². The molecule has 7 nitrogen and oxygen atoms in total. The van der Waals surface area contributed by atoms with Gasteiger partial charge in [0.1, 0.15) is 5.75 Å². The van der Waals surface area contributed by atoms with E-state index in [2.05, 4.69) is 10.6 Å². The smallest absolute Gasteiger partial charge is 0.281 e. The van der Waals surface area contributed by atoms with Crippen molar-refractivity contribution in [1.82, 2.24) is 16.1 Å². The Labute approximate surface area is 157 Å². The molecule has 0 bridgehead atoms. The van der Waals surface area contributed by atoms with Crippen LogP contribution in [0.5, 0.6) is 5.75 Å². The zero-order valence-electron chi connectivity index (χ0n) is 14.9. The van der Waals surface area contributed by atoms with E-state index in [1.165, 1.54) is 11.0 Å². The third-order valence-electron chi connectivity index (χ3n) is 4.51. The van der Waals surface area contributed by atoms with Gasteiger partial charge in [-0.1, -0.05) is 36.4 Å². The van der Waals surface area contributed by atoms with Gasteiger partial charge in [0, 0.05) is 13.1 Å². The van der Waals surface area contributed by atoms with Gasteiger partial charge in [0.25, 0.3) is 5.91 Å². The van der Waals surface area contributed by atoms with E-state index < -0.39 is 5.91 Å². The molecule has 0 aliphatic carbocycles. The van der Waals surface area contributed by atoms with Gasteiger partial charge < -0.3 is 15.4 Å². The topological polar surface area (TPSA) is 99.7 Å². The zero-order chi connectivity index (χ0) is 19.1. The minimum absolute atomic E-state index is 0.00322. The van der Waals surface area contributed by atoms with Crippen molar-refractivity contribution in [3.05, 3.63) is 65.2 Å². The van der Waals surface area contributed by atoms with Crippen LogP contribution in [0.4, 0.5) is 0 Å². The van der Waals surface area contributed by atoms with E-state index in [4.69, 9.17) is 9.94 Å². The molecule has 0 radical (unpaired) electrons. The van der Waals surface area contributed by atoms with Crippen LogP contribution in [0.3, 0.4) is 0 Å². The molecule has 0 aromatic heterocycles. The highest BCUT2D eigenvalue weighted by atomic mass is 16.5. The molecule has 0 spiro atoms. The van der Waals surface area contributed by atoms with Gasteiger partial charge in [-0.05, 0) is 41.7 Å². The average Bonchev–Trinajstić information content (AvgIpc) is 2.72. The fourth-order valence-corrected chi connectivity index (χ4v) is 3.05. The Morgan fingerprint density at radius 2 is 1.96 bits per heavy atom. The molecule has 0 fully saturated rings. The van der Waals surface area contributed by atoms with Gasteiger partial charge in [0.05, 0.1) is 6.04 Å². The molecule has 2 amide bonds. The van der Waals surface area contributed by atoms with Crippen molar-refractivity contribution >= 4 is 11.8 Å². The molecule has 0 saturated carbocycles. The lowest BCUT2D eigenvalue weighted by atomic mass is 9.95. The number of rotatable bonds is 7. The largest absolute Gasteiger partial charge is 0.484 e. The first kappa shape index (κ1) is 18.9. The Bertz CT molecular complexity index is 795. The van der Waals surface area contributed by atoms with E-state index in [0.717, 1.165) is 17.5 Å². The number of amides is 2. The lowest BCUT2D eigenvalue weighted by Crippen LogP contribution is -2.48. The highest BCUT2D eigenvalue weighted by Gasteiger charge is 2.24. The first-order valence-electron chi connectivity index (χ1n) is 8.88. The molecule has 4 N–H and O–H groups in total. The van der Waals surface area contributed by atoms with Crippen LogP contribution in [0.25, 0.3) is 0 Å². The first-order chi connectivity index (χ1) is 13.2. The Balaban J connectivity index is 1.50. The van der Waals surface area contributed by atoms with Gasteiger partial charge in [-0.15, -0.1) is 0 Å². The minimum atomic E-state index is -0.613. The summed E-state index contributed by atoms with van der Waals surface area (Å²) in [5.41, 5.74) is 4.83. The Kier molecular flexibility index (Phi) is 6.40. The molecule has 2 aromatic rings. The van der Waals surface area contributed by atoms with Gasteiger partial charge in [-0.25, -0.2) is 5.48 Å². The number of fused-ring (bicyclic) bond motifs is 1. The molecule has 2 aromatic carbocycles. The number of carbonyl (C=O) groups excluding carboxylic acids is 2. The van der Waals surface area contributed by atoms with Gasteiger partial charge in [0.2, 0.25) is 5.91 Å². The predicted octanol–water partition coefficient (Wildman–Crippen LogP) is 0.944. The van der Waals surface area contributed by atoms with Crippen LogP contribution >= 0.6 is 0 Å². The summed E-state index contributed by atoms with van der Waals surface area (Å²) in [6.07, 6.45) is 1.40. The van der Waals surface area contributed by atoms with E-state index >= 15 is 0 Å². The van der Waals surface area contributed by atoms with Crippen molar-refractivity contribution in [2.45, 2.75) is 25.4 Å². The summed E-state index contributed by atoms with van der Waals surface area (Å²) < 4.78 is 5.32. The lowest BCUT2D eigenvalue weighted by Gasteiger charge is -2.26. The summed E-state index contributed by atoms with van der Waals surface area (Å²) in [6.45, 7) is 0.901. The first-order valence-corrected chi connectivity index (χ1v) is 8.88. The van der Waals surface area contributed by atoms with E-state index in [1.807, 2.05) is 42.5 Å². The van der Waals surface area contributed by atoms with Crippen LogP contribution in [-0.2, 0) is 29.0 Å². The van der Waals surface area contributed by atoms with E-state index in [1.54, 1.807) is 6.07 Å². The van der Waals surface area contributed by atoms with Crippen LogP contribution in [0, 0.1) is 0 Å². The van der Waals surface area contributed by atoms with Crippen LogP contribution in [0.2, 0.25) is 0 Å². The van der Waals surface area contributed by atoms with Gasteiger partial charge in [-0.2, -0.15) is 0 Å². The van der Waals surface area contributed by atoms with Crippen molar-refractivity contribution in [2.24, 2.45) is 0 Å². The number of ether oxygens (including phenoxy) is 1. The molecule has 1 aliphatic heterocycles. The normalized spacial score (nSPS) is 15.5. The average molecular weight is 369 g/mol. The molecule has 1 atom stereocenters. The second kappa shape index (κ2) is 9.16. The molecule has 27 heavy (non-hydrogen) atoms. The number of benzene rings is 2. The van der Waals surface area contributed by atoms with Crippen molar-refractivity contribution in [2.75, 3.05) is 13.2 Å². The monoisotopic (exact) mass is 369 g/mol. The Morgan fingerprint density at radius 3 is 2.74 bits per heavy atom. The number of carbonyl (C=O) groups is 2. The van der Waals surface area contributed by atoms with Crippen LogP contribution in [-0.4, -0.2) is 36.2 Å². The third kappa shape index (κ3) is 5.29. The van der Waals surface area contributed by atoms with Gasteiger partial charge in [-0.3, -0.25) is 14.8 Å². The van der Waals surface area contributed by atoms with Crippen LogP contribution in [0.1, 0.15) is 16.7 Å². The summed E-state index contributed by atoms with van der Waals surface area (Å²) in [4.78, 5) is 23.4. The maximum Gasteiger partial charge on any atom is 0.281 e. The number of hydrogen-bond acceptors (Lipinski definition) is 5. The molecular weight excluding hydrogens is 346 g/mol. The third-order valence-corrected chi connectivity index (χ3v) is 4.51. The summed E-state index contributed by atoms with van der Waals surface area (Å²) >= 11 is 0. The van der Waals surface area contributed by atoms with E-state index in [9.17, 15) is 9.59 Å². The zero-order valence-corrected chi connectivity index (χ0v) is 14.9. The summed E-state index contributed by atoms with van der Waals surface area (Å²) in [7, 11) is 0. The highest BCUT2D eigenvalue weighted by molar-refractivity contribution is 5.82. The maximum atomic E-state index is 12.4. The maximum absolute atomic E-state index is 12.4. The standard InChI is InChI=1S/C20H23N3O4/c24-19(23-26)13-27-17-7-6-15-11-18(22-12-16(15)10-17)20(25)21-9-8-14-4-2-1-3-5-14/h1-7,10,18,22,26H,8-9,11-13H2,(H,21,25)(H,23,24)/t18-/m0/s1. The number of hydroxylamine groups is 1. The summed E-state index contributed by atoms with van der Waals surface area (Å²) in [5.74, 6) is -0.0699. The van der Waals surface area contributed by atoms with Crippen molar-refractivity contribution in [1.29, 1.82) is 0 Å². The second-order valence-corrected chi connectivity index (χ2v) is 6.42. The summed E-state index contributed by atoms with van der Waals surface area (Å²) in [5, 5.41) is 14.7. The van der Waals surface area contributed by atoms with Crippen molar-refractivity contribution in [3.63, 3.8) is 0 Å². The molecule has 142 valence electrons. The van der Waals surface area contributed by atoms with E-state index in [-0.39, 0.29) is 18.6 Å². The minimum Gasteiger partial charge on any atom is -0.484 e. The molecular formula is C20H23N3O4. The lowest BCUT2D eigenvalue weighted by molar-refractivity contribution is -0.131. The van der Waals surface area contributed by atoms with Crippen LogP contribution in [0.15, 0.2) is 48.5 Å². The van der Waals surface area contributed by atoms with Crippen molar-refractivity contribution < 1.29 is 19.5 Å². The van der Waals surface area contributed by atoms with Gasteiger partial charge >= 0.3 is 0 Å². The molecule has 3 rings (SSSR count). The highest BCUT2D eigenvalue weighted by Crippen LogP contribution is 2.22. The van der Waals surface area contributed by atoms with Gasteiger partial charge in [0.15, 0.2) is 6.61 Å². The fraction of sp³-hybridized carbons (Fsp3) is 0.300. The molecule has 7 heteroatoms. The van der Waals surface area contributed by atoms with Crippen LogP contribution < -0.4 is 20.9 Å². The molecule has 0 unspecified atom stereocenters. The molecule has 1 aliphatic rings. The SMILES string of the molecule is O=C(COc1ccc2c(c1)CN[C@H](C(=O)NCCc1ccccc1)C2)NO. The number of hydrogen-bond donors (Lipinski definition) is 4. The number of nitrogens with one attached hydrogen (secondary N) is 3. The molecule has 0 saturated heterocycles. The fourth-order valence-electron chi connectivity index (χ4n) is 3.05. The Morgan fingerprint density at radius 1 is 1.15 bits per heavy atom. The van der Waals surface area contributed by atoms with Crippen molar-refractivity contribution in [3.8, 4) is 5.75 Å². The second-order valence-electron chi connectivity index (χ2n) is 6.42. The molecule has 1 heterocycles. The summed E-state index contributed by atoms with van der Waals surface area (Å²) in [6, 6.07) is 15.3.